The molecular weight excluding hydrogens is 296 g/mol. The highest BCUT2D eigenvalue weighted by atomic mass is 32.2. The standard InChI is InChI=1S/C13H22N2O5S/c1-21(17,18)14-6-3-12-11(9-14)10(4-8-19-12)13(16)15-5-2-7-20-15/h10-12H,2-9H2,1H3/t10-,11-,12-/m1/s1. The number of piperidine rings is 1. The molecule has 0 bridgehead atoms. The number of hydroxylamine groups is 2. The number of nitrogens with zero attached hydrogens (tertiary/aromatic N) is 2. The maximum absolute atomic E-state index is 12.6. The van der Waals surface area contributed by atoms with Gasteiger partial charge in [0.25, 0.3) is 0 Å². The van der Waals surface area contributed by atoms with Crippen LogP contribution in [0.15, 0.2) is 0 Å². The van der Waals surface area contributed by atoms with Gasteiger partial charge >= 0.3 is 0 Å². The second kappa shape index (κ2) is 5.83. The van der Waals surface area contributed by atoms with Gasteiger partial charge in [0.1, 0.15) is 0 Å². The summed E-state index contributed by atoms with van der Waals surface area (Å²) in [6.45, 7) is 2.61. The van der Waals surface area contributed by atoms with Crippen LogP contribution in [0.2, 0.25) is 0 Å². The lowest BCUT2D eigenvalue weighted by Gasteiger charge is -2.44. The molecule has 0 N–H and O–H groups in total. The fourth-order valence-corrected chi connectivity index (χ4v) is 4.38. The number of amides is 1. The highest BCUT2D eigenvalue weighted by Gasteiger charge is 2.45. The van der Waals surface area contributed by atoms with Gasteiger partial charge in [-0.1, -0.05) is 0 Å². The van der Waals surface area contributed by atoms with Crippen molar-refractivity contribution in [2.75, 3.05) is 39.1 Å². The molecule has 0 aromatic carbocycles. The Balaban J connectivity index is 1.75. The molecule has 3 aliphatic heterocycles. The zero-order valence-corrected chi connectivity index (χ0v) is 13.0. The average molecular weight is 318 g/mol. The summed E-state index contributed by atoms with van der Waals surface area (Å²) >= 11 is 0. The molecule has 3 rings (SSSR count). The van der Waals surface area contributed by atoms with Crippen molar-refractivity contribution in [1.82, 2.24) is 9.37 Å². The molecule has 3 aliphatic rings. The highest BCUT2D eigenvalue weighted by Crippen LogP contribution is 2.35. The van der Waals surface area contributed by atoms with E-state index >= 15 is 0 Å². The first-order chi connectivity index (χ1) is 9.97. The van der Waals surface area contributed by atoms with E-state index in [1.807, 2.05) is 0 Å². The molecular formula is C13H22N2O5S. The van der Waals surface area contributed by atoms with Crippen LogP contribution < -0.4 is 0 Å². The van der Waals surface area contributed by atoms with Gasteiger partial charge in [0.2, 0.25) is 15.9 Å². The number of hydrogen-bond acceptors (Lipinski definition) is 5. The second-order valence-corrected chi connectivity index (χ2v) is 7.99. The van der Waals surface area contributed by atoms with E-state index in [1.54, 1.807) is 0 Å². The Morgan fingerprint density at radius 2 is 2.00 bits per heavy atom. The fraction of sp³-hybridized carbons (Fsp3) is 0.923. The van der Waals surface area contributed by atoms with Crippen LogP contribution >= 0.6 is 0 Å². The molecule has 21 heavy (non-hydrogen) atoms. The number of fused-ring (bicyclic) bond motifs is 1. The molecule has 1 amide bonds. The van der Waals surface area contributed by atoms with Gasteiger partial charge in [-0.3, -0.25) is 9.63 Å². The van der Waals surface area contributed by atoms with E-state index in [2.05, 4.69) is 0 Å². The monoisotopic (exact) mass is 318 g/mol. The molecule has 0 spiro atoms. The van der Waals surface area contributed by atoms with Gasteiger partial charge in [-0.05, 0) is 19.3 Å². The first-order valence-electron chi connectivity index (χ1n) is 7.48. The Hall–Kier alpha value is -0.700. The first-order valence-corrected chi connectivity index (χ1v) is 9.32. The SMILES string of the molecule is CS(=O)(=O)N1CC[C@H]2OCC[C@@H](C(=O)N3CCCO3)[C@H]2C1. The molecule has 0 unspecified atom stereocenters. The summed E-state index contributed by atoms with van der Waals surface area (Å²) in [5.41, 5.74) is 0. The number of sulfonamides is 1. The predicted molar refractivity (Wildman–Crippen MR) is 74.7 cm³/mol. The van der Waals surface area contributed by atoms with Gasteiger partial charge in [0.05, 0.1) is 25.5 Å². The van der Waals surface area contributed by atoms with Crippen LogP contribution in [0.1, 0.15) is 19.3 Å². The molecule has 0 saturated carbocycles. The van der Waals surface area contributed by atoms with Crippen molar-refractivity contribution in [3.63, 3.8) is 0 Å². The Labute approximate surface area is 125 Å². The third-order valence-electron chi connectivity index (χ3n) is 4.62. The van der Waals surface area contributed by atoms with Crippen LogP contribution in [-0.4, -0.2) is 68.9 Å². The molecule has 7 nitrogen and oxygen atoms in total. The van der Waals surface area contributed by atoms with Crippen molar-refractivity contribution in [1.29, 1.82) is 0 Å². The summed E-state index contributed by atoms with van der Waals surface area (Å²) in [6.07, 6.45) is 3.35. The molecule has 0 radical (unpaired) electrons. The average Bonchev–Trinajstić information content (AvgIpc) is 2.98. The van der Waals surface area contributed by atoms with Crippen LogP contribution in [-0.2, 0) is 24.4 Å². The quantitative estimate of drug-likeness (QED) is 0.707. The Morgan fingerprint density at radius 1 is 1.19 bits per heavy atom. The topological polar surface area (TPSA) is 76.2 Å². The summed E-state index contributed by atoms with van der Waals surface area (Å²) in [7, 11) is -3.22. The molecule has 0 aromatic rings. The third-order valence-corrected chi connectivity index (χ3v) is 5.89. The molecule has 3 atom stereocenters. The van der Waals surface area contributed by atoms with Gasteiger partial charge in [-0.25, -0.2) is 17.8 Å². The minimum atomic E-state index is -3.22. The molecule has 3 saturated heterocycles. The fourth-order valence-electron chi connectivity index (χ4n) is 3.50. The molecule has 0 aliphatic carbocycles. The van der Waals surface area contributed by atoms with Crippen LogP contribution in [0.3, 0.4) is 0 Å². The lowest BCUT2D eigenvalue weighted by molar-refractivity contribution is -0.184. The molecule has 120 valence electrons. The van der Waals surface area contributed by atoms with E-state index < -0.39 is 10.0 Å². The van der Waals surface area contributed by atoms with Gasteiger partial charge in [-0.2, -0.15) is 0 Å². The van der Waals surface area contributed by atoms with Gasteiger partial charge in [0.15, 0.2) is 0 Å². The van der Waals surface area contributed by atoms with Crippen LogP contribution in [0.25, 0.3) is 0 Å². The summed E-state index contributed by atoms with van der Waals surface area (Å²) in [5, 5.41) is 1.45. The number of carbonyl (C=O) groups excluding carboxylic acids is 1. The van der Waals surface area contributed by atoms with E-state index in [0.29, 0.717) is 45.7 Å². The Bertz CT molecular complexity index is 503. The molecule has 3 heterocycles. The van der Waals surface area contributed by atoms with E-state index in [0.717, 1.165) is 6.42 Å². The van der Waals surface area contributed by atoms with Crippen molar-refractivity contribution in [2.24, 2.45) is 11.8 Å². The summed E-state index contributed by atoms with van der Waals surface area (Å²) in [6, 6.07) is 0. The number of carbonyl (C=O) groups is 1. The van der Waals surface area contributed by atoms with Crippen LogP contribution in [0.5, 0.6) is 0 Å². The van der Waals surface area contributed by atoms with Gasteiger partial charge < -0.3 is 4.74 Å². The zero-order valence-electron chi connectivity index (χ0n) is 12.2. The van der Waals surface area contributed by atoms with E-state index in [4.69, 9.17) is 9.57 Å². The lowest BCUT2D eigenvalue weighted by Crippen LogP contribution is -2.54. The molecule has 8 heteroatoms. The summed E-state index contributed by atoms with van der Waals surface area (Å²) in [5.74, 6) is -0.286. The maximum Gasteiger partial charge on any atom is 0.249 e. The van der Waals surface area contributed by atoms with Crippen molar-refractivity contribution < 1.29 is 22.8 Å². The minimum Gasteiger partial charge on any atom is -0.378 e. The van der Waals surface area contributed by atoms with Crippen molar-refractivity contribution >= 4 is 15.9 Å². The summed E-state index contributed by atoms with van der Waals surface area (Å²) in [4.78, 5) is 17.9. The maximum atomic E-state index is 12.6. The lowest BCUT2D eigenvalue weighted by atomic mass is 9.79. The van der Waals surface area contributed by atoms with Crippen molar-refractivity contribution in [3.8, 4) is 0 Å². The van der Waals surface area contributed by atoms with Gasteiger partial charge in [-0.15, -0.1) is 0 Å². The molecule has 0 aromatic heterocycles. The van der Waals surface area contributed by atoms with Crippen molar-refractivity contribution in [3.05, 3.63) is 0 Å². The van der Waals surface area contributed by atoms with Crippen LogP contribution in [0.4, 0.5) is 0 Å². The van der Waals surface area contributed by atoms with Crippen molar-refractivity contribution in [2.45, 2.75) is 25.4 Å². The first kappa shape index (κ1) is 15.2. The highest BCUT2D eigenvalue weighted by molar-refractivity contribution is 7.88. The zero-order chi connectivity index (χ0) is 15.0. The van der Waals surface area contributed by atoms with Crippen LogP contribution in [0, 0.1) is 11.8 Å². The second-order valence-electron chi connectivity index (χ2n) is 6.01. The van der Waals surface area contributed by atoms with E-state index in [9.17, 15) is 13.2 Å². The Kier molecular flexibility index (Phi) is 4.22. The number of ether oxygens (including phenoxy) is 1. The van der Waals surface area contributed by atoms with E-state index in [1.165, 1.54) is 15.6 Å². The third kappa shape index (κ3) is 3.08. The number of hydrogen-bond donors (Lipinski definition) is 0. The Morgan fingerprint density at radius 3 is 2.67 bits per heavy atom. The summed E-state index contributed by atoms with van der Waals surface area (Å²) < 4.78 is 30.7. The number of rotatable bonds is 2. The predicted octanol–water partition coefficient (Wildman–Crippen LogP) is -0.163. The smallest absolute Gasteiger partial charge is 0.249 e. The van der Waals surface area contributed by atoms with E-state index in [-0.39, 0.29) is 23.8 Å². The minimum absolute atomic E-state index is 0.0128. The largest absolute Gasteiger partial charge is 0.378 e. The normalized spacial score (nSPS) is 34.7. The molecule has 3 fully saturated rings. The van der Waals surface area contributed by atoms with Gasteiger partial charge in [0, 0.05) is 31.5 Å².